The lowest BCUT2D eigenvalue weighted by atomic mass is 10.2. The molecular weight excluding hydrogens is 302 g/mol. The van der Waals surface area contributed by atoms with Crippen LogP contribution in [-0.2, 0) is 4.79 Å². The van der Waals surface area contributed by atoms with E-state index in [0.717, 1.165) is 35.9 Å². The zero-order valence-corrected chi connectivity index (χ0v) is 11.9. The van der Waals surface area contributed by atoms with Crippen molar-refractivity contribution < 1.29 is 13.6 Å². The topological polar surface area (TPSA) is 70.7 Å². The Morgan fingerprint density at radius 3 is 2.61 bits per heavy atom. The summed E-state index contributed by atoms with van der Waals surface area (Å²) in [5, 5.41) is 3.54. The van der Waals surface area contributed by atoms with E-state index < -0.39 is 11.9 Å². The molecule has 0 bridgehead atoms. The van der Waals surface area contributed by atoms with Crippen molar-refractivity contribution in [2.45, 2.75) is 12.8 Å². The van der Waals surface area contributed by atoms with Gasteiger partial charge in [-0.3, -0.25) is 4.79 Å². The fourth-order valence-electron chi connectivity index (χ4n) is 2.44. The van der Waals surface area contributed by atoms with Gasteiger partial charge in [0.2, 0.25) is 17.8 Å². The van der Waals surface area contributed by atoms with Crippen molar-refractivity contribution in [3.63, 3.8) is 0 Å². The van der Waals surface area contributed by atoms with Crippen LogP contribution in [0.15, 0.2) is 30.5 Å². The number of hydrogen-bond acceptors (Lipinski definition) is 3. The van der Waals surface area contributed by atoms with Crippen molar-refractivity contribution in [3.8, 4) is 11.3 Å². The molecule has 3 aromatic heterocycles. The number of halogens is 2. The Morgan fingerprint density at radius 1 is 1.17 bits per heavy atom. The van der Waals surface area contributed by atoms with E-state index in [9.17, 15) is 13.6 Å². The summed E-state index contributed by atoms with van der Waals surface area (Å²) in [5.41, 5.74) is 1.63. The molecule has 0 saturated heterocycles. The Morgan fingerprint density at radius 2 is 1.91 bits per heavy atom. The number of pyridine rings is 2. The predicted octanol–water partition coefficient (Wildman–Crippen LogP) is 3.25. The third-order valence-corrected chi connectivity index (χ3v) is 3.78. The standard InChI is InChI=1S/C16H12F2N4O/c17-13-4-9(5-14(18)21-13)11-3-10-7-19-15(6-12(10)20-11)22-16(23)8-1-2-8/h3-8,20H,1-2H2,(H,19,22,23). The predicted molar refractivity (Wildman–Crippen MR) is 80.6 cm³/mol. The third kappa shape index (κ3) is 2.77. The fourth-order valence-corrected chi connectivity index (χ4v) is 2.44. The van der Waals surface area contributed by atoms with Crippen molar-refractivity contribution >= 4 is 22.6 Å². The summed E-state index contributed by atoms with van der Waals surface area (Å²) in [6.45, 7) is 0. The van der Waals surface area contributed by atoms with Crippen molar-refractivity contribution in [1.82, 2.24) is 15.0 Å². The number of aromatic nitrogens is 3. The van der Waals surface area contributed by atoms with E-state index >= 15 is 0 Å². The highest BCUT2D eigenvalue weighted by atomic mass is 19.1. The number of nitrogens with zero attached hydrogens (tertiary/aromatic N) is 2. The summed E-state index contributed by atoms with van der Waals surface area (Å²) in [6.07, 6.45) is 3.44. The number of rotatable bonds is 3. The van der Waals surface area contributed by atoms with E-state index in [2.05, 4.69) is 20.3 Å². The molecule has 23 heavy (non-hydrogen) atoms. The molecule has 1 saturated carbocycles. The van der Waals surface area contributed by atoms with E-state index in [1.54, 1.807) is 18.3 Å². The molecule has 1 aliphatic rings. The van der Waals surface area contributed by atoms with Gasteiger partial charge < -0.3 is 10.3 Å². The smallest absolute Gasteiger partial charge is 0.228 e. The lowest BCUT2D eigenvalue weighted by molar-refractivity contribution is -0.117. The molecule has 116 valence electrons. The van der Waals surface area contributed by atoms with E-state index in [-0.39, 0.29) is 11.8 Å². The quantitative estimate of drug-likeness (QED) is 0.729. The molecule has 7 heteroatoms. The minimum Gasteiger partial charge on any atom is -0.354 e. The zero-order valence-electron chi connectivity index (χ0n) is 11.9. The molecule has 3 aromatic rings. The van der Waals surface area contributed by atoms with E-state index in [4.69, 9.17) is 0 Å². The number of nitrogens with one attached hydrogen (secondary N) is 2. The molecule has 2 N–H and O–H groups in total. The van der Waals surface area contributed by atoms with Crippen molar-refractivity contribution in [3.05, 3.63) is 42.4 Å². The molecule has 5 nitrogen and oxygen atoms in total. The Balaban J connectivity index is 1.68. The first kappa shape index (κ1) is 13.8. The maximum Gasteiger partial charge on any atom is 0.228 e. The summed E-state index contributed by atoms with van der Waals surface area (Å²) in [4.78, 5) is 22.1. The van der Waals surface area contributed by atoms with Gasteiger partial charge in [0.15, 0.2) is 0 Å². The van der Waals surface area contributed by atoms with Gasteiger partial charge in [0.25, 0.3) is 0 Å². The number of aromatic amines is 1. The summed E-state index contributed by atoms with van der Waals surface area (Å²) < 4.78 is 26.5. The zero-order chi connectivity index (χ0) is 16.0. The van der Waals surface area contributed by atoms with Crippen LogP contribution in [0.1, 0.15) is 12.8 Å². The normalized spacial score (nSPS) is 14.2. The monoisotopic (exact) mass is 314 g/mol. The minimum absolute atomic E-state index is 0.0260. The van der Waals surface area contributed by atoms with Gasteiger partial charge in [0.05, 0.1) is 5.52 Å². The molecule has 0 radical (unpaired) electrons. The second-order valence-corrected chi connectivity index (χ2v) is 5.60. The van der Waals surface area contributed by atoms with E-state index in [0.29, 0.717) is 17.1 Å². The van der Waals surface area contributed by atoms with Crippen LogP contribution in [0, 0.1) is 17.8 Å². The van der Waals surface area contributed by atoms with Crippen molar-refractivity contribution in [1.29, 1.82) is 0 Å². The summed E-state index contributed by atoms with van der Waals surface area (Å²) in [5.74, 6) is -1.24. The van der Waals surface area contributed by atoms with Gasteiger partial charge in [0, 0.05) is 47.0 Å². The molecule has 0 atom stereocenters. The van der Waals surface area contributed by atoms with Gasteiger partial charge in [-0.05, 0) is 18.9 Å². The maximum atomic E-state index is 13.2. The molecule has 1 amide bonds. The van der Waals surface area contributed by atoms with Gasteiger partial charge in [-0.15, -0.1) is 0 Å². The lowest BCUT2D eigenvalue weighted by Crippen LogP contribution is -2.14. The average Bonchev–Trinajstić information content (AvgIpc) is 3.26. The molecule has 3 heterocycles. The van der Waals surface area contributed by atoms with Gasteiger partial charge >= 0.3 is 0 Å². The Bertz CT molecular complexity index is 897. The van der Waals surface area contributed by atoms with Crippen molar-refractivity contribution in [2.75, 3.05) is 5.32 Å². The molecule has 0 spiro atoms. The second kappa shape index (κ2) is 5.12. The van der Waals surface area contributed by atoms with Crippen LogP contribution in [-0.4, -0.2) is 20.9 Å². The number of fused-ring (bicyclic) bond motifs is 1. The van der Waals surface area contributed by atoms with Crippen LogP contribution in [0.5, 0.6) is 0 Å². The number of hydrogen-bond donors (Lipinski definition) is 2. The molecule has 4 rings (SSSR count). The Kier molecular flexibility index (Phi) is 3.07. The molecular formula is C16H12F2N4O. The van der Waals surface area contributed by atoms with Gasteiger partial charge in [0.1, 0.15) is 5.82 Å². The van der Waals surface area contributed by atoms with Crippen LogP contribution in [0.2, 0.25) is 0 Å². The van der Waals surface area contributed by atoms with E-state index in [1.165, 1.54) is 0 Å². The SMILES string of the molecule is O=C(Nc1cc2[nH]c(-c3cc(F)nc(F)c3)cc2cn1)C1CC1. The maximum absolute atomic E-state index is 13.2. The fraction of sp³-hybridized carbons (Fsp3) is 0.188. The minimum atomic E-state index is -0.880. The Hall–Kier alpha value is -2.83. The molecule has 1 aliphatic carbocycles. The number of carbonyl (C=O) groups excluding carboxylic acids is 1. The number of carbonyl (C=O) groups is 1. The van der Waals surface area contributed by atoms with Crippen LogP contribution in [0.3, 0.4) is 0 Å². The molecule has 0 aromatic carbocycles. The molecule has 0 unspecified atom stereocenters. The summed E-state index contributed by atoms with van der Waals surface area (Å²) >= 11 is 0. The first-order valence-electron chi connectivity index (χ1n) is 7.21. The van der Waals surface area contributed by atoms with Gasteiger partial charge in [-0.2, -0.15) is 13.8 Å². The first-order valence-corrected chi connectivity index (χ1v) is 7.21. The third-order valence-electron chi connectivity index (χ3n) is 3.78. The van der Waals surface area contributed by atoms with Crippen LogP contribution >= 0.6 is 0 Å². The number of anilines is 1. The lowest BCUT2D eigenvalue weighted by Gasteiger charge is -2.02. The number of amides is 1. The number of H-pyrrole nitrogens is 1. The first-order chi connectivity index (χ1) is 11.1. The Labute approximate surface area is 129 Å². The summed E-state index contributed by atoms with van der Waals surface area (Å²) in [7, 11) is 0. The highest BCUT2D eigenvalue weighted by molar-refractivity contribution is 5.95. The van der Waals surface area contributed by atoms with Crippen molar-refractivity contribution in [2.24, 2.45) is 5.92 Å². The summed E-state index contributed by atoms with van der Waals surface area (Å²) in [6, 6.07) is 5.74. The van der Waals surface area contributed by atoms with Gasteiger partial charge in [-0.25, -0.2) is 4.98 Å². The van der Waals surface area contributed by atoms with Crippen LogP contribution < -0.4 is 5.32 Å². The highest BCUT2D eigenvalue weighted by Crippen LogP contribution is 2.30. The highest BCUT2D eigenvalue weighted by Gasteiger charge is 2.29. The molecule has 0 aliphatic heterocycles. The molecule has 1 fully saturated rings. The van der Waals surface area contributed by atoms with E-state index in [1.807, 2.05) is 0 Å². The average molecular weight is 314 g/mol. The van der Waals surface area contributed by atoms with Crippen LogP contribution in [0.4, 0.5) is 14.6 Å². The van der Waals surface area contributed by atoms with Crippen LogP contribution in [0.25, 0.3) is 22.2 Å². The largest absolute Gasteiger partial charge is 0.354 e. The second-order valence-electron chi connectivity index (χ2n) is 5.60. The van der Waals surface area contributed by atoms with Gasteiger partial charge in [-0.1, -0.05) is 0 Å².